The molecule has 0 heterocycles. The average Bonchev–Trinajstić information content (AvgIpc) is 3.19. The number of ether oxygens (including phenoxy) is 2. The molecule has 0 aliphatic rings. The molecule has 0 saturated heterocycles. The molecule has 8 nitrogen and oxygen atoms in total. The fraction of sp³-hybridized carbons (Fsp3) is 0.851. The molecule has 3 N–H and O–H groups in total. The molecule has 0 aromatic rings. The molecule has 9 heteroatoms. The minimum Gasteiger partial charge on any atom is -0.498 e. The van der Waals surface area contributed by atoms with Gasteiger partial charge < -0.3 is 20.1 Å². The van der Waals surface area contributed by atoms with E-state index in [1.54, 1.807) is 6.26 Å². The first-order valence-corrected chi connectivity index (χ1v) is 25.0. The summed E-state index contributed by atoms with van der Waals surface area (Å²) in [5.41, 5.74) is 5.37. The first kappa shape index (κ1) is 54.6. The summed E-state index contributed by atoms with van der Waals surface area (Å²) in [5.74, 6) is -0.353. The lowest BCUT2D eigenvalue weighted by Gasteiger charge is -2.19. The van der Waals surface area contributed by atoms with Crippen LogP contribution in [0.25, 0.3) is 0 Å². The molecule has 0 fully saturated rings. The maximum Gasteiger partial charge on any atom is 0.472 e. The van der Waals surface area contributed by atoms with Gasteiger partial charge in [-0.05, 0) is 76.7 Å². The van der Waals surface area contributed by atoms with E-state index in [-0.39, 0.29) is 32.3 Å². The van der Waals surface area contributed by atoms with Crippen molar-refractivity contribution in [2.75, 3.05) is 26.4 Å². The minimum atomic E-state index is -4.29. The van der Waals surface area contributed by atoms with Crippen LogP contribution in [0.2, 0.25) is 0 Å². The average molecular weight is 812 g/mol. The summed E-state index contributed by atoms with van der Waals surface area (Å²) < 4.78 is 33.2. The summed E-state index contributed by atoms with van der Waals surface area (Å²) in [6.07, 6.45) is 52.6. The smallest absolute Gasteiger partial charge is 0.472 e. The number of hydrogen-bond acceptors (Lipinski definition) is 7. The summed E-state index contributed by atoms with van der Waals surface area (Å²) in [6.45, 7) is 4.24. The Labute approximate surface area is 346 Å². The minimum absolute atomic E-state index is 0.0304. The zero-order valence-electron chi connectivity index (χ0n) is 36.6. The fourth-order valence-electron chi connectivity index (χ4n) is 6.60. The van der Waals surface area contributed by atoms with E-state index in [4.69, 9.17) is 24.3 Å². The number of allylic oxidation sites excluding steroid dienone is 5. The molecule has 0 saturated carbocycles. The third-order valence-electron chi connectivity index (χ3n) is 10.1. The van der Waals surface area contributed by atoms with E-state index in [0.29, 0.717) is 6.42 Å². The largest absolute Gasteiger partial charge is 0.498 e. The molecule has 2 atom stereocenters. The lowest BCUT2D eigenvalue weighted by Crippen LogP contribution is -2.27. The maximum absolute atomic E-state index is 12.6. The van der Waals surface area contributed by atoms with Crippen molar-refractivity contribution in [3.05, 3.63) is 36.6 Å². The predicted octanol–water partition coefficient (Wildman–Crippen LogP) is 14.5. The molecule has 0 rings (SSSR count). The quantitative estimate of drug-likeness (QED) is 0.0205. The molecule has 2 unspecified atom stereocenters. The van der Waals surface area contributed by atoms with Crippen LogP contribution in [-0.2, 0) is 27.9 Å². The van der Waals surface area contributed by atoms with Crippen LogP contribution in [0.3, 0.4) is 0 Å². The Morgan fingerprint density at radius 2 is 0.911 bits per heavy atom. The first-order chi connectivity index (χ1) is 27.4. The van der Waals surface area contributed by atoms with Gasteiger partial charge in [0.2, 0.25) is 0 Å². The highest BCUT2D eigenvalue weighted by Gasteiger charge is 2.25. The molecule has 0 aliphatic heterocycles. The molecule has 56 heavy (non-hydrogen) atoms. The van der Waals surface area contributed by atoms with Crippen LogP contribution in [0.4, 0.5) is 0 Å². The van der Waals surface area contributed by atoms with Crippen LogP contribution in [0, 0.1) is 0 Å². The maximum atomic E-state index is 12.6. The molecule has 330 valence electrons. The second kappa shape index (κ2) is 44.7. The van der Waals surface area contributed by atoms with Crippen LogP contribution in [0.15, 0.2) is 36.6 Å². The Morgan fingerprint density at radius 3 is 1.34 bits per heavy atom. The Morgan fingerprint density at radius 1 is 0.536 bits per heavy atom. The topological polar surface area (TPSA) is 117 Å². The lowest BCUT2D eigenvalue weighted by molar-refractivity contribution is -0.153. The summed E-state index contributed by atoms with van der Waals surface area (Å²) in [4.78, 5) is 22.5. The van der Waals surface area contributed by atoms with E-state index in [1.165, 1.54) is 173 Å². The molecular weight excluding hydrogens is 721 g/mol. The second-order valence-corrected chi connectivity index (χ2v) is 17.1. The Kier molecular flexibility index (Phi) is 43.5. The number of phosphoric ester groups is 1. The number of nitrogens with two attached hydrogens (primary N) is 1. The van der Waals surface area contributed by atoms with Gasteiger partial charge in [-0.3, -0.25) is 13.8 Å². The molecule has 0 amide bonds. The monoisotopic (exact) mass is 812 g/mol. The van der Waals surface area contributed by atoms with Crippen LogP contribution >= 0.6 is 7.82 Å². The van der Waals surface area contributed by atoms with Gasteiger partial charge in [-0.2, -0.15) is 0 Å². The van der Waals surface area contributed by atoms with E-state index in [2.05, 4.69) is 38.2 Å². The third-order valence-corrected chi connectivity index (χ3v) is 11.1. The number of phosphoric acid groups is 1. The van der Waals surface area contributed by atoms with Gasteiger partial charge in [0.1, 0.15) is 6.61 Å². The van der Waals surface area contributed by atoms with Crippen molar-refractivity contribution >= 4 is 13.8 Å². The van der Waals surface area contributed by atoms with Gasteiger partial charge in [-0.15, -0.1) is 0 Å². The van der Waals surface area contributed by atoms with Gasteiger partial charge in [-0.1, -0.05) is 173 Å². The van der Waals surface area contributed by atoms with Crippen LogP contribution < -0.4 is 5.73 Å². The van der Waals surface area contributed by atoms with Gasteiger partial charge >= 0.3 is 13.8 Å². The molecular formula is C47H90NO7P. The van der Waals surface area contributed by atoms with Crippen molar-refractivity contribution in [3.8, 4) is 0 Å². The third kappa shape index (κ3) is 43.7. The van der Waals surface area contributed by atoms with Gasteiger partial charge in [0.25, 0.3) is 0 Å². The molecule has 0 aromatic carbocycles. The zero-order valence-corrected chi connectivity index (χ0v) is 37.5. The van der Waals surface area contributed by atoms with Crippen molar-refractivity contribution in [3.63, 3.8) is 0 Å². The molecule has 0 spiro atoms. The van der Waals surface area contributed by atoms with E-state index < -0.39 is 13.9 Å². The van der Waals surface area contributed by atoms with Gasteiger partial charge in [0, 0.05) is 13.0 Å². The van der Waals surface area contributed by atoms with Crippen molar-refractivity contribution < 1.29 is 32.8 Å². The van der Waals surface area contributed by atoms with Gasteiger partial charge in [0.05, 0.1) is 19.5 Å². The first-order valence-electron chi connectivity index (χ1n) is 23.5. The number of carbonyl (C=O) groups is 1. The highest BCUT2D eigenvalue weighted by Crippen LogP contribution is 2.43. The summed E-state index contributed by atoms with van der Waals surface area (Å²) >= 11 is 0. The summed E-state index contributed by atoms with van der Waals surface area (Å²) in [6, 6.07) is 0. The lowest BCUT2D eigenvalue weighted by atomic mass is 10.0. The standard InChI is InChI=1S/C47H90NO7P/c1-3-5-7-9-11-13-15-17-19-21-22-23-24-25-26-28-30-32-34-36-38-40-47(49)55-46(45-54-56(50,51)53-43-41-48)44-52-42-39-37-35-33-31-29-27-20-18-16-14-12-10-8-6-4-2/h14,16-17,19,39,42,46H,3-13,15,18,20-38,40-41,43-45,48H2,1-2H3,(H,50,51). The van der Waals surface area contributed by atoms with E-state index in [1.807, 2.05) is 6.08 Å². The van der Waals surface area contributed by atoms with E-state index in [9.17, 15) is 14.3 Å². The summed E-state index contributed by atoms with van der Waals surface area (Å²) in [7, 11) is -4.29. The van der Waals surface area contributed by atoms with E-state index >= 15 is 0 Å². The zero-order chi connectivity index (χ0) is 40.9. The second-order valence-electron chi connectivity index (χ2n) is 15.7. The Bertz CT molecular complexity index is 957. The van der Waals surface area contributed by atoms with Gasteiger partial charge in [0.15, 0.2) is 6.10 Å². The predicted molar refractivity (Wildman–Crippen MR) is 238 cm³/mol. The number of hydrogen-bond donors (Lipinski definition) is 2. The number of esters is 1. The number of carbonyl (C=O) groups excluding carboxylic acids is 1. The highest BCUT2D eigenvalue weighted by molar-refractivity contribution is 7.47. The van der Waals surface area contributed by atoms with Crippen molar-refractivity contribution in [1.82, 2.24) is 0 Å². The highest BCUT2D eigenvalue weighted by atomic mass is 31.2. The summed E-state index contributed by atoms with van der Waals surface area (Å²) in [5, 5.41) is 0. The van der Waals surface area contributed by atoms with E-state index in [0.717, 1.165) is 32.1 Å². The normalized spacial score (nSPS) is 13.6. The molecule has 0 aliphatic carbocycles. The van der Waals surface area contributed by atoms with Crippen molar-refractivity contribution in [2.24, 2.45) is 5.73 Å². The number of rotatable bonds is 45. The van der Waals surface area contributed by atoms with Crippen molar-refractivity contribution in [1.29, 1.82) is 0 Å². The fourth-order valence-corrected chi connectivity index (χ4v) is 7.36. The molecule has 0 aromatic heterocycles. The Hall–Kier alpha value is -1.44. The van der Waals surface area contributed by atoms with Crippen LogP contribution in [0.1, 0.15) is 226 Å². The number of unbranched alkanes of at least 4 members (excludes halogenated alkanes) is 28. The SMILES string of the molecule is CCCCCCC=CCCCCCCCCC=COCC(COP(=O)(O)OCCN)OC(=O)CCCCCCCCCCCCCC=CCCCCCCCC. The molecule has 0 radical (unpaired) electrons. The van der Waals surface area contributed by atoms with Gasteiger partial charge in [-0.25, -0.2) is 4.57 Å². The molecule has 0 bridgehead atoms. The van der Waals surface area contributed by atoms with Crippen molar-refractivity contribution in [2.45, 2.75) is 232 Å². The van der Waals surface area contributed by atoms with Crippen LogP contribution in [-0.4, -0.2) is 43.3 Å². The van der Waals surface area contributed by atoms with Crippen LogP contribution in [0.5, 0.6) is 0 Å². The Balaban J connectivity index is 4.01.